The largest absolute Gasteiger partial charge is 0.491 e. The molecule has 1 aliphatic rings. The average Bonchev–Trinajstić information content (AvgIpc) is 2.92. The van der Waals surface area contributed by atoms with Crippen LogP contribution in [0, 0.1) is 11.8 Å². The molecule has 3 rings (SSSR count). The Bertz CT molecular complexity index is 903. The SMILES string of the molecule is CCCCCCCCCCC#CC1(O)CCc2ccccc2OCCOCCOc2ccccc2CC1. The van der Waals surface area contributed by atoms with Crippen LogP contribution >= 0.6 is 0 Å². The second-order valence-corrected chi connectivity index (χ2v) is 10.1. The molecule has 0 aliphatic carbocycles. The summed E-state index contributed by atoms with van der Waals surface area (Å²) in [6, 6.07) is 16.2. The van der Waals surface area contributed by atoms with Crippen molar-refractivity contribution in [1.82, 2.24) is 0 Å². The maximum absolute atomic E-state index is 11.7. The van der Waals surface area contributed by atoms with Gasteiger partial charge in [-0.1, -0.05) is 94.2 Å². The smallest absolute Gasteiger partial charge is 0.126 e. The van der Waals surface area contributed by atoms with E-state index in [2.05, 4.69) is 30.9 Å². The Balaban J connectivity index is 1.65. The van der Waals surface area contributed by atoms with Crippen molar-refractivity contribution in [1.29, 1.82) is 0 Å². The molecule has 2 aromatic carbocycles. The molecule has 0 saturated carbocycles. The number of hydrogen-bond acceptors (Lipinski definition) is 4. The normalized spacial score (nSPS) is 16.3. The molecule has 4 nitrogen and oxygen atoms in total. The molecule has 0 bridgehead atoms. The van der Waals surface area contributed by atoms with Crippen LogP contribution in [0.15, 0.2) is 48.5 Å². The number of rotatable bonds is 8. The third kappa shape index (κ3) is 11.2. The Morgan fingerprint density at radius 1 is 0.703 bits per heavy atom. The number of aliphatic hydroxyl groups is 1. The molecule has 0 spiro atoms. The van der Waals surface area contributed by atoms with Crippen LogP contribution in [0.2, 0.25) is 0 Å². The van der Waals surface area contributed by atoms with Crippen molar-refractivity contribution in [3.63, 3.8) is 0 Å². The molecular weight excluding hydrogens is 460 g/mol. The van der Waals surface area contributed by atoms with Gasteiger partial charge in [-0.2, -0.15) is 0 Å². The predicted octanol–water partition coefficient (Wildman–Crippen LogP) is 7.31. The minimum Gasteiger partial charge on any atom is -0.491 e. The second kappa shape index (κ2) is 17.1. The lowest BCUT2D eigenvalue weighted by molar-refractivity contribution is 0.0726. The molecular formula is C33H46O4. The fourth-order valence-electron chi connectivity index (χ4n) is 4.73. The second-order valence-electron chi connectivity index (χ2n) is 10.1. The molecule has 4 heteroatoms. The molecule has 202 valence electrons. The zero-order valence-electron chi connectivity index (χ0n) is 22.8. The third-order valence-corrected chi connectivity index (χ3v) is 7.01. The first-order valence-electron chi connectivity index (χ1n) is 14.4. The lowest BCUT2D eigenvalue weighted by Gasteiger charge is -2.24. The first kappa shape index (κ1) is 29.1. The van der Waals surface area contributed by atoms with E-state index < -0.39 is 5.60 Å². The standard InChI is InChI=1S/C33H46O4/c1-2-3-4-5-6-7-8-9-10-15-22-33(34)23-20-29-16-11-13-18-31(29)36-27-25-35-26-28-37-32-19-14-12-17-30(32)21-24-33/h11-14,16-19,34H,2-10,20-21,23-28H2,1H3. The zero-order chi connectivity index (χ0) is 26.0. The highest BCUT2D eigenvalue weighted by atomic mass is 16.5. The monoisotopic (exact) mass is 506 g/mol. The Hall–Kier alpha value is -2.48. The van der Waals surface area contributed by atoms with Gasteiger partial charge in [-0.3, -0.25) is 0 Å². The van der Waals surface area contributed by atoms with Crippen LogP contribution in [-0.4, -0.2) is 37.1 Å². The first-order valence-corrected chi connectivity index (χ1v) is 14.4. The molecule has 0 radical (unpaired) electrons. The van der Waals surface area contributed by atoms with Gasteiger partial charge in [0, 0.05) is 6.42 Å². The zero-order valence-corrected chi connectivity index (χ0v) is 22.8. The summed E-state index contributed by atoms with van der Waals surface area (Å²) in [6.45, 7) is 4.24. The molecule has 1 aliphatic heterocycles. The summed E-state index contributed by atoms with van der Waals surface area (Å²) in [6.07, 6.45) is 13.7. The summed E-state index contributed by atoms with van der Waals surface area (Å²) in [5.74, 6) is 8.32. The Morgan fingerprint density at radius 2 is 1.22 bits per heavy atom. The number of unbranched alkanes of at least 4 members (excludes halogenated alkanes) is 8. The van der Waals surface area contributed by atoms with Crippen LogP contribution in [0.5, 0.6) is 11.5 Å². The number of ether oxygens (including phenoxy) is 3. The van der Waals surface area contributed by atoms with Crippen LogP contribution in [-0.2, 0) is 17.6 Å². The van der Waals surface area contributed by atoms with Gasteiger partial charge >= 0.3 is 0 Å². The van der Waals surface area contributed by atoms with E-state index in [9.17, 15) is 5.11 Å². The van der Waals surface area contributed by atoms with Crippen LogP contribution < -0.4 is 9.47 Å². The van der Waals surface area contributed by atoms with Gasteiger partial charge in [0.1, 0.15) is 30.3 Å². The predicted molar refractivity (Wildman–Crippen MR) is 151 cm³/mol. The van der Waals surface area contributed by atoms with Crippen molar-refractivity contribution in [3.05, 3.63) is 59.7 Å². The van der Waals surface area contributed by atoms with Crippen LogP contribution in [0.1, 0.15) is 88.7 Å². The van der Waals surface area contributed by atoms with E-state index in [-0.39, 0.29) is 0 Å². The van der Waals surface area contributed by atoms with E-state index in [0.717, 1.165) is 35.5 Å². The summed E-state index contributed by atoms with van der Waals surface area (Å²) in [5.41, 5.74) is 1.14. The van der Waals surface area contributed by atoms with Gasteiger partial charge in [-0.05, 0) is 55.4 Å². The van der Waals surface area contributed by atoms with E-state index >= 15 is 0 Å². The summed E-state index contributed by atoms with van der Waals surface area (Å²) in [5, 5.41) is 11.7. The van der Waals surface area contributed by atoms with Crippen LogP contribution in [0.3, 0.4) is 0 Å². The van der Waals surface area contributed by atoms with Gasteiger partial charge in [-0.15, -0.1) is 5.92 Å². The van der Waals surface area contributed by atoms with Crippen molar-refractivity contribution < 1.29 is 19.3 Å². The molecule has 37 heavy (non-hydrogen) atoms. The maximum Gasteiger partial charge on any atom is 0.126 e. The van der Waals surface area contributed by atoms with Crippen molar-refractivity contribution in [2.45, 2.75) is 96.0 Å². The fourth-order valence-corrected chi connectivity index (χ4v) is 4.73. The summed E-state index contributed by atoms with van der Waals surface area (Å²) < 4.78 is 17.7. The van der Waals surface area contributed by atoms with Gasteiger partial charge < -0.3 is 19.3 Å². The highest BCUT2D eigenvalue weighted by molar-refractivity contribution is 5.35. The summed E-state index contributed by atoms with van der Waals surface area (Å²) >= 11 is 0. The average molecular weight is 507 g/mol. The third-order valence-electron chi connectivity index (χ3n) is 7.01. The Morgan fingerprint density at radius 3 is 1.78 bits per heavy atom. The van der Waals surface area contributed by atoms with E-state index in [4.69, 9.17) is 14.2 Å². The van der Waals surface area contributed by atoms with Gasteiger partial charge in [0.15, 0.2) is 0 Å². The Labute approximate surface area is 224 Å². The molecule has 1 heterocycles. The fraction of sp³-hybridized carbons (Fsp3) is 0.576. The molecule has 0 amide bonds. The lowest BCUT2D eigenvalue weighted by Crippen LogP contribution is -2.28. The van der Waals surface area contributed by atoms with Gasteiger partial charge in [0.05, 0.1) is 13.2 Å². The number of aryl methyl sites for hydroxylation is 2. The van der Waals surface area contributed by atoms with Gasteiger partial charge in [-0.25, -0.2) is 0 Å². The number of benzene rings is 2. The minimum absolute atomic E-state index is 0.482. The van der Waals surface area contributed by atoms with Crippen LogP contribution in [0.25, 0.3) is 0 Å². The molecule has 0 unspecified atom stereocenters. The van der Waals surface area contributed by atoms with E-state index in [1.54, 1.807) is 0 Å². The Kier molecular flexibility index (Phi) is 13.4. The molecule has 0 fully saturated rings. The molecule has 0 atom stereocenters. The number of para-hydroxylation sites is 2. The van der Waals surface area contributed by atoms with Gasteiger partial charge in [0.2, 0.25) is 0 Å². The topological polar surface area (TPSA) is 47.9 Å². The molecule has 0 saturated heterocycles. The highest BCUT2D eigenvalue weighted by Crippen LogP contribution is 2.28. The number of hydrogen-bond donors (Lipinski definition) is 1. The van der Waals surface area contributed by atoms with Crippen molar-refractivity contribution in [2.24, 2.45) is 0 Å². The lowest BCUT2D eigenvalue weighted by atomic mass is 9.88. The van der Waals surface area contributed by atoms with Gasteiger partial charge in [0.25, 0.3) is 0 Å². The van der Waals surface area contributed by atoms with E-state index in [1.807, 2.05) is 36.4 Å². The van der Waals surface area contributed by atoms with E-state index in [1.165, 1.54) is 44.9 Å². The highest BCUT2D eigenvalue weighted by Gasteiger charge is 2.25. The molecule has 2 aromatic rings. The van der Waals surface area contributed by atoms with Crippen molar-refractivity contribution >= 4 is 0 Å². The first-order chi connectivity index (χ1) is 18.2. The summed E-state index contributed by atoms with van der Waals surface area (Å²) in [4.78, 5) is 0. The van der Waals surface area contributed by atoms with Crippen LogP contribution in [0.4, 0.5) is 0 Å². The van der Waals surface area contributed by atoms with Crippen molar-refractivity contribution in [2.75, 3.05) is 26.4 Å². The van der Waals surface area contributed by atoms with Crippen molar-refractivity contribution in [3.8, 4) is 23.3 Å². The maximum atomic E-state index is 11.7. The molecule has 1 N–H and O–H groups in total. The minimum atomic E-state index is -1.06. The summed E-state index contributed by atoms with van der Waals surface area (Å²) in [7, 11) is 0. The number of fused-ring (bicyclic) bond motifs is 2. The quantitative estimate of drug-likeness (QED) is 0.301. The van der Waals surface area contributed by atoms with E-state index in [0.29, 0.717) is 52.1 Å². The molecule has 0 aromatic heterocycles.